The molecule has 0 bridgehead atoms. The van der Waals surface area contributed by atoms with Crippen LogP contribution in [0.1, 0.15) is 23.2 Å². The van der Waals surface area contributed by atoms with Crippen LogP contribution in [0.4, 0.5) is 14.5 Å². The maximum absolute atomic E-state index is 13.4. The topological polar surface area (TPSA) is 83.5 Å². The molecule has 0 heterocycles. The molecule has 0 spiro atoms. The molecule has 0 saturated heterocycles. The number of carbonyl (C=O) groups is 1. The Hall–Kier alpha value is -1.41. The standard InChI is InChI=1S/C11H12ClF2NO4S/c12-3-1-2-4-20(18,19)15-10-5-7(11(16)17)8(13)6-9(10)14/h5-6,15H,1-4H2,(H,16,17). The zero-order valence-corrected chi connectivity index (χ0v) is 11.8. The fourth-order valence-electron chi connectivity index (χ4n) is 1.40. The number of hydrogen-bond acceptors (Lipinski definition) is 3. The summed E-state index contributed by atoms with van der Waals surface area (Å²) in [5.41, 5.74) is -1.42. The van der Waals surface area contributed by atoms with Crippen LogP contribution in [0.2, 0.25) is 0 Å². The van der Waals surface area contributed by atoms with Gasteiger partial charge in [-0.1, -0.05) is 0 Å². The van der Waals surface area contributed by atoms with Gasteiger partial charge in [0.15, 0.2) is 0 Å². The lowest BCUT2D eigenvalue weighted by molar-refractivity contribution is 0.0692. The Morgan fingerprint density at radius 2 is 1.90 bits per heavy atom. The minimum Gasteiger partial charge on any atom is -0.478 e. The highest BCUT2D eigenvalue weighted by molar-refractivity contribution is 7.92. The van der Waals surface area contributed by atoms with Gasteiger partial charge in [0.25, 0.3) is 0 Å². The lowest BCUT2D eigenvalue weighted by atomic mass is 10.2. The van der Waals surface area contributed by atoms with Crippen LogP contribution in [0.3, 0.4) is 0 Å². The number of hydrogen-bond donors (Lipinski definition) is 2. The molecule has 0 amide bonds. The van der Waals surface area contributed by atoms with E-state index in [-0.39, 0.29) is 12.2 Å². The molecule has 2 N–H and O–H groups in total. The van der Waals surface area contributed by atoms with Crippen molar-refractivity contribution in [3.05, 3.63) is 29.3 Å². The SMILES string of the molecule is O=C(O)c1cc(NS(=O)(=O)CCCCCl)c(F)cc1F. The van der Waals surface area contributed by atoms with Gasteiger partial charge in [-0.15, -0.1) is 11.6 Å². The highest BCUT2D eigenvalue weighted by Crippen LogP contribution is 2.21. The number of anilines is 1. The number of carboxylic acid groups (broad SMARTS) is 1. The van der Waals surface area contributed by atoms with Crippen molar-refractivity contribution in [2.45, 2.75) is 12.8 Å². The van der Waals surface area contributed by atoms with E-state index in [0.29, 0.717) is 24.4 Å². The van der Waals surface area contributed by atoms with Crippen molar-refractivity contribution in [3.63, 3.8) is 0 Å². The van der Waals surface area contributed by atoms with Gasteiger partial charge in [0, 0.05) is 11.9 Å². The van der Waals surface area contributed by atoms with E-state index in [1.807, 2.05) is 4.72 Å². The van der Waals surface area contributed by atoms with E-state index in [1.54, 1.807) is 0 Å². The normalized spacial score (nSPS) is 11.3. The first-order valence-electron chi connectivity index (χ1n) is 5.55. The van der Waals surface area contributed by atoms with E-state index in [1.165, 1.54) is 0 Å². The Labute approximate surface area is 119 Å². The summed E-state index contributed by atoms with van der Waals surface area (Å²) in [5.74, 6) is -4.08. The third kappa shape index (κ3) is 4.61. The molecule has 0 radical (unpaired) electrons. The summed E-state index contributed by atoms with van der Waals surface area (Å²) in [7, 11) is -3.85. The van der Waals surface area contributed by atoms with Crippen molar-refractivity contribution in [1.29, 1.82) is 0 Å². The number of rotatable bonds is 7. The van der Waals surface area contributed by atoms with Gasteiger partial charge < -0.3 is 5.11 Å². The molecule has 1 rings (SSSR count). The Kier molecular flexibility index (Phi) is 5.70. The monoisotopic (exact) mass is 327 g/mol. The molecule has 0 aromatic heterocycles. The molecular weight excluding hydrogens is 316 g/mol. The summed E-state index contributed by atoms with van der Waals surface area (Å²) in [6.07, 6.45) is 0.738. The van der Waals surface area contributed by atoms with E-state index in [0.717, 1.165) is 0 Å². The molecular formula is C11H12ClF2NO4S. The Balaban J connectivity index is 2.97. The molecule has 0 saturated carbocycles. The molecule has 0 fully saturated rings. The quantitative estimate of drug-likeness (QED) is 0.595. The Morgan fingerprint density at radius 1 is 1.25 bits per heavy atom. The van der Waals surface area contributed by atoms with E-state index in [4.69, 9.17) is 16.7 Å². The zero-order chi connectivity index (χ0) is 15.3. The molecule has 0 atom stereocenters. The van der Waals surface area contributed by atoms with Gasteiger partial charge in [-0.05, 0) is 18.9 Å². The average molecular weight is 328 g/mol. The van der Waals surface area contributed by atoms with Gasteiger partial charge in [-0.3, -0.25) is 4.72 Å². The fraction of sp³-hybridized carbons (Fsp3) is 0.364. The van der Waals surface area contributed by atoms with Crippen LogP contribution in [0.15, 0.2) is 12.1 Å². The third-order valence-corrected chi connectivity index (χ3v) is 3.97. The number of carboxylic acids is 1. The Bertz CT molecular complexity index is 607. The van der Waals surface area contributed by atoms with E-state index >= 15 is 0 Å². The minimum atomic E-state index is -3.85. The van der Waals surface area contributed by atoms with Crippen LogP contribution < -0.4 is 4.72 Å². The van der Waals surface area contributed by atoms with Gasteiger partial charge >= 0.3 is 5.97 Å². The number of sulfonamides is 1. The Morgan fingerprint density at radius 3 is 2.45 bits per heavy atom. The second-order valence-electron chi connectivity index (χ2n) is 3.93. The van der Waals surface area contributed by atoms with Crippen molar-refractivity contribution >= 4 is 33.3 Å². The van der Waals surface area contributed by atoms with E-state index < -0.39 is 38.9 Å². The summed E-state index contributed by atoms with van der Waals surface area (Å²) in [5, 5.41) is 8.70. The number of aromatic carboxylic acids is 1. The predicted molar refractivity (Wildman–Crippen MR) is 70.7 cm³/mol. The first-order valence-corrected chi connectivity index (χ1v) is 7.74. The predicted octanol–water partition coefficient (Wildman–Crippen LogP) is 2.42. The molecule has 0 aliphatic rings. The highest BCUT2D eigenvalue weighted by atomic mass is 35.5. The maximum atomic E-state index is 13.4. The molecule has 1 aromatic rings. The summed E-state index contributed by atoms with van der Waals surface area (Å²) >= 11 is 5.41. The number of unbranched alkanes of at least 4 members (excludes halogenated alkanes) is 1. The minimum absolute atomic E-state index is 0.271. The zero-order valence-electron chi connectivity index (χ0n) is 10.2. The van der Waals surface area contributed by atoms with Crippen LogP contribution in [-0.2, 0) is 10.0 Å². The van der Waals surface area contributed by atoms with Gasteiger partial charge in [-0.25, -0.2) is 22.0 Å². The maximum Gasteiger partial charge on any atom is 0.338 e. The average Bonchev–Trinajstić information content (AvgIpc) is 2.32. The first-order chi connectivity index (χ1) is 9.26. The van der Waals surface area contributed by atoms with E-state index in [2.05, 4.69) is 0 Å². The molecule has 5 nitrogen and oxygen atoms in total. The summed E-state index contributed by atoms with van der Waals surface area (Å²) in [6.45, 7) is 0. The van der Waals surface area contributed by atoms with Crippen LogP contribution >= 0.6 is 11.6 Å². The van der Waals surface area contributed by atoms with Crippen LogP contribution in [0.5, 0.6) is 0 Å². The third-order valence-electron chi connectivity index (χ3n) is 2.35. The first kappa shape index (κ1) is 16.6. The van der Waals surface area contributed by atoms with E-state index in [9.17, 15) is 22.0 Å². The van der Waals surface area contributed by atoms with Crippen molar-refractivity contribution < 1.29 is 27.1 Å². The smallest absolute Gasteiger partial charge is 0.338 e. The second-order valence-corrected chi connectivity index (χ2v) is 6.15. The van der Waals surface area contributed by atoms with Gasteiger partial charge in [0.1, 0.15) is 11.6 Å². The summed E-state index contributed by atoms with van der Waals surface area (Å²) < 4.78 is 51.7. The molecule has 0 unspecified atom stereocenters. The molecule has 0 aliphatic heterocycles. The fourth-order valence-corrected chi connectivity index (χ4v) is 2.76. The van der Waals surface area contributed by atoms with Crippen LogP contribution in [0, 0.1) is 11.6 Å². The van der Waals surface area contributed by atoms with Crippen molar-refractivity contribution in [3.8, 4) is 0 Å². The van der Waals surface area contributed by atoms with Crippen molar-refractivity contribution in [1.82, 2.24) is 0 Å². The molecule has 1 aromatic carbocycles. The number of benzene rings is 1. The molecule has 9 heteroatoms. The van der Waals surface area contributed by atoms with Crippen LogP contribution in [-0.4, -0.2) is 31.1 Å². The lowest BCUT2D eigenvalue weighted by Crippen LogP contribution is -2.18. The van der Waals surface area contributed by atoms with Gasteiger partial charge in [-0.2, -0.15) is 0 Å². The molecule has 20 heavy (non-hydrogen) atoms. The second kappa shape index (κ2) is 6.85. The largest absolute Gasteiger partial charge is 0.478 e. The van der Waals surface area contributed by atoms with Crippen molar-refractivity contribution in [2.75, 3.05) is 16.4 Å². The molecule has 112 valence electrons. The summed E-state index contributed by atoms with van der Waals surface area (Å²) in [4.78, 5) is 10.7. The number of halogens is 3. The number of alkyl halides is 1. The summed E-state index contributed by atoms with van der Waals surface area (Å²) in [6, 6.07) is 0.923. The van der Waals surface area contributed by atoms with Crippen LogP contribution in [0.25, 0.3) is 0 Å². The number of nitrogens with one attached hydrogen (secondary N) is 1. The van der Waals surface area contributed by atoms with Gasteiger partial charge in [0.2, 0.25) is 10.0 Å². The molecule has 0 aliphatic carbocycles. The lowest BCUT2D eigenvalue weighted by Gasteiger charge is -2.10. The highest BCUT2D eigenvalue weighted by Gasteiger charge is 2.18. The van der Waals surface area contributed by atoms with Gasteiger partial charge in [0.05, 0.1) is 17.0 Å². The van der Waals surface area contributed by atoms with Crippen molar-refractivity contribution in [2.24, 2.45) is 0 Å².